The van der Waals surface area contributed by atoms with Crippen LogP contribution in [0.5, 0.6) is 0 Å². The molecule has 2 aromatic carbocycles. The Labute approximate surface area is 115 Å². The average molecular weight is 248 g/mol. The predicted octanol–water partition coefficient (Wildman–Crippen LogP) is 5.04. The van der Waals surface area contributed by atoms with Gasteiger partial charge in [0.25, 0.3) is 0 Å². The lowest BCUT2D eigenvalue weighted by Gasteiger charge is -2.08. The summed E-state index contributed by atoms with van der Waals surface area (Å²) in [5, 5.41) is 0. The molecule has 1 aliphatic rings. The van der Waals surface area contributed by atoms with E-state index in [1.165, 1.54) is 46.2 Å². The van der Waals surface area contributed by atoms with E-state index in [1.807, 2.05) is 0 Å². The number of hydrogen-bond acceptors (Lipinski definition) is 0. The fourth-order valence-corrected chi connectivity index (χ4v) is 3.03. The van der Waals surface area contributed by atoms with E-state index in [-0.39, 0.29) is 0 Å². The normalized spacial score (nSPS) is 13.3. The van der Waals surface area contributed by atoms with Crippen LogP contribution < -0.4 is 0 Å². The predicted molar refractivity (Wildman–Crippen MR) is 83.2 cm³/mol. The molecule has 0 amide bonds. The van der Waals surface area contributed by atoms with Gasteiger partial charge in [0.15, 0.2) is 0 Å². The van der Waals surface area contributed by atoms with Gasteiger partial charge in [0.1, 0.15) is 0 Å². The Hall–Kier alpha value is -1.82. The van der Waals surface area contributed by atoms with E-state index < -0.39 is 0 Å². The molecule has 0 radical (unpaired) electrons. The van der Waals surface area contributed by atoms with Gasteiger partial charge < -0.3 is 0 Å². The Morgan fingerprint density at radius 2 is 1.84 bits per heavy atom. The lowest BCUT2D eigenvalue weighted by atomic mass is 9.97. The lowest BCUT2D eigenvalue weighted by molar-refractivity contribution is 0.916. The second kappa shape index (κ2) is 5.05. The minimum atomic E-state index is 1.08. The molecular weight excluding hydrogens is 228 g/mol. The van der Waals surface area contributed by atoms with Crippen molar-refractivity contribution >= 4 is 11.6 Å². The molecule has 0 heterocycles. The summed E-state index contributed by atoms with van der Waals surface area (Å²) in [6, 6.07) is 15.5. The molecule has 19 heavy (non-hydrogen) atoms. The lowest BCUT2D eigenvalue weighted by Crippen LogP contribution is -1.93. The molecule has 0 unspecified atom stereocenters. The molecule has 0 aromatic heterocycles. The largest absolute Gasteiger partial charge is 0.0651 e. The number of fused-ring (bicyclic) bond motifs is 1. The molecule has 0 spiro atoms. The van der Waals surface area contributed by atoms with E-state index in [0.29, 0.717) is 0 Å². The van der Waals surface area contributed by atoms with Crippen molar-refractivity contribution in [2.75, 3.05) is 0 Å². The van der Waals surface area contributed by atoms with Crippen molar-refractivity contribution in [3.05, 3.63) is 70.3 Å². The molecule has 96 valence electrons. The molecule has 1 aliphatic carbocycles. The maximum atomic E-state index is 2.40. The molecule has 0 fully saturated rings. The van der Waals surface area contributed by atoms with Crippen LogP contribution in [0.4, 0.5) is 0 Å². The van der Waals surface area contributed by atoms with Gasteiger partial charge in [-0.05, 0) is 47.6 Å². The van der Waals surface area contributed by atoms with Crippen molar-refractivity contribution in [2.45, 2.75) is 33.1 Å². The summed E-state index contributed by atoms with van der Waals surface area (Å²) < 4.78 is 0. The number of rotatable bonds is 3. The van der Waals surface area contributed by atoms with Crippen LogP contribution in [0.25, 0.3) is 11.6 Å². The quantitative estimate of drug-likeness (QED) is 0.713. The van der Waals surface area contributed by atoms with Crippen molar-refractivity contribution in [3.63, 3.8) is 0 Å². The molecule has 0 saturated carbocycles. The first-order valence-corrected chi connectivity index (χ1v) is 7.16. The Bertz CT molecular complexity index is 618. The molecule has 2 aromatic rings. The summed E-state index contributed by atoms with van der Waals surface area (Å²) in [6.45, 7) is 4.46. The Morgan fingerprint density at radius 1 is 1.05 bits per heavy atom. The Kier molecular flexibility index (Phi) is 3.25. The van der Waals surface area contributed by atoms with Gasteiger partial charge in [-0.25, -0.2) is 0 Å². The summed E-state index contributed by atoms with van der Waals surface area (Å²) in [5.74, 6) is 0. The average Bonchev–Trinajstić information content (AvgIpc) is 2.84. The third-order valence-electron chi connectivity index (χ3n) is 3.86. The highest BCUT2D eigenvalue weighted by molar-refractivity contribution is 5.89. The van der Waals surface area contributed by atoms with Crippen molar-refractivity contribution < 1.29 is 0 Å². The zero-order valence-electron chi connectivity index (χ0n) is 11.7. The summed E-state index contributed by atoms with van der Waals surface area (Å²) in [6.07, 6.45) is 5.87. The maximum absolute atomic E-state index is 2.40. The number of benzene rings is 2. The molecule has 0 aliphatic heterocycles. The third-order valence-corrected chi connectivity index (χ3v) is 3.86. The SMILES string of the molecule is CCCc1cc(C)cc2c1C=C(c1ccccc1)C2. The second-order valence-electron chi connectivity index (χ2n) is 5.46. The van der Waals surface area contributed by atoms with Crippen molar-refractivity contribution in [2.24, 2.45) is 0 Å². The first-order chi connectivity index (χ1) is 9.28. The van der Waals surface area contributed by atoms with Gasteiger partial charge in [0, 0.05) is 0 Å². The Balaban J connectivity index is 2.03. The minimum absolute atomic E-state index is 1.08. The van der Waals surface area contributed by atoms with E-state index >= 15 is 0 Å². The van der Waals surface area contributed by atoms with Gasteiger partial charge in [-0.1, -0.05) is 67.4 Å². The van der Waals surface area contributed by atoms with E-state index in [1.54, 1.807) is 0 Å². The molecule has 0 N–H and O–H groups in total. The standard InChI is InChI=1S/C19H20/c1-3-7-16-10-14(2)11-18-12-17(13-19(16)18)15-8-5-4-6-9-15/h4-6,8-11,13H,3,7,12H2,1-2H3. The van der Waals surface area contributed by atoms with Crippen LogP contribution in [0.2, 0.25) is 0 Å². The van der Waals surface area contributed by atoms with Crippen LogP contribution in [-0.4, -0.2) is 0 Å². The van der Waals surface area contributed by atoms with Gasteiger partial charge in [-0.15, -0.1) is 0 Å². The zero-order valence-corrected chi connectivity index (χ0v) is 11.7. The van der Waals surface area contributed by atoms with E-state index in [0.717, 1.165) is 6.42 Å². The smallest absolute Gasteiger partial charge is 0.00135 e. The highest BCUT2D eigenvalue weighted by Gasteiger charge is 2.17. The molecule has 0 heteroatoms. The molecule has 0 bridgehead atoms. The number of aryl methyl sites for hydroxylation is 2. The van der Waals surface area contributed by atoms with Crippen LogP contribution in [0.15, 0.2) is 42.5 Å². The zero-order chi connectivity index (χ0) is 13.2. The highest BCUT2D eigenvalue weighted by atomic mass is 14.2. The number of allylic oxidation sites excluding steroid dienone is 1. The summed E-state index contributed by atoms with van der Waals surface area (Å²) in [4.78, 5) is 0. The van der Waals surface area contributed by atoms with Crippen LogP contribution in [0.3, 0.4) is 0 Å². The fraction of sp³-hybridized carbons (Fsp3) is 0.263. The first-order valence-electron chi connectivity index (χ1n) is 7.16. The highest BCUT2D eigenvalue weighted by Crippen LogP contribution is 2.34. The summed E-state index contributed by atoms with van der Waals surface area (Å²) in [5.41, 5.74) is 8.71. The molecule has 3 rings (SSSR count). The summed E-state index contributed by atoms with van der Waals surface area (Å²) >= 11 is 0. The van der Waals surface area contributed by atoms with E-state index in [2.05, 4.69) is 62.4 Å². The molecule has 0 saturated heterocycles. The molecular formula is C19H20. The maximum Gasteiger partial charge on any atom is -0.00135 e. The fourth-order valence-electron chi connectivity index (χ4n) is 3.03. The first kappa shape index (κ1) is 12.2. The van der Waals surface area contributed by atoms with Crippen LogP contribution >= 0.6 is 0 Å². The van der Waals surface area contributed by atoms with Gasteiger partial charge in [-0.3, -0.25) is 0 Å². The van der Waals surface area contributed by atoms with Gasteiger partial charge in [0.05, 0.1) is 0 Å². The van der Waals surface area contributed by atoms with Crippen molar-refractivity contribution in [1.29, 1.82) is 0 Å². The molecule has 0 nitrogen and oxygen atoms in total. The van der Waals surface area contributed by atoms with E-state index in [4.69, 9.17) is 0 Å². The van der Waals surface area contributed by atoms with Crippen LogP contribution in [0.1, 0.15) is 41.2 Å². The molecule has 0 atom stereocenters. The third kappa shape index (κ3) is 2.35. The summed E-state index contributed by atoms with van der Waals surface area (Å²) in [7, 11) is 0. The topological polar surface area (TPSA) is 0 Å². The van der Waals surface area contributed by atoms with Gasteiger partial charge in [-0.2, -0.15) is 0 Å². The number of hydrogen-bond donors (Lipinski definition) is 0. The minimum Gasteiger partial charge on any atom is -0.0651 e. The van der Waals surface area contributed by atoms with Crippen LogP contribution in [0, 0.1) is 6.92 Å². The van der Waals surface area contributed by atoms with Crippen molar-refractivity contribution in [1.82, 2.24) is 0 Å². The monoisotopic (exact) mass is 248 g/mol. The van der Waals surface area contributed by atoms with Crippen LogP contribution in [-0.2, 0) is 12.8 Å². The van der Waals surface area contributed by atoms with Gasteiger partial charge >= 0.3 is 0 Å². The van der Waals surface area contributed by atoms with Crippen molar-refractivity contribution in [3.8, 4) is 0 Å². The Morgan fingerprint density at radius 3 is 2.58 bits per heavy atom. The van der Waals surface area contributed by atoms with E-state index in [9.17, 15) is 0 Å². The van der Waals surface area contributed by atoms with Gasteiger partial charge in [0.2, 0.25) is 0 Å². The second-order valence-corrected chi connectivity index (χ2v) is 5.46.